The number of methoxy groups -OCH3 is 2. The molecule has 1 saturated heterocycles. The third kappa shape index (κ3) is 5.60. The van der Waals surface area contributed by atoms with Gasteiger partial charge in [0.1, 0.15) is 11.5 Å². The lowest BCUT2D eigenvalue weighted by atomic mass is 9.97. The lowest BCUT2D eigenvalue weighted by Crippen LogP contribution is -2.43. The van der Waals surface area contributed by atoms with Crippen LogP contribution in [0.5, 0.6) is 11.5 Å². The maximum atomic E-state index is 12.7. The number of carbonyl (C=O) groups is 2. The van der Waals surface area contributed by atoms with Gasteiger partial charge in [0.2, 0.25) is 11.8 Å². The Labute approximate surface area is 171 Å². The highest BCUT2D eigenvalue weighted by atomic mass is 16.5. The summed E-state index contributed by atoms with van der Waals surface area (Å²) < 4.78 is 10.5. The van der Waals surface area contributed by atoms with Crippen molar-refractivity contribution in [1.29, 1.82) is 0 Å². The largest absolute Gasteiger partial charge is 0.497 e. The van der Waals surface area contributed by atoms with E-state index in [0.717, 1.165) is 24.1 Å². The Morgan fingerprint density at radius 3 is 2.41 bits per heavy atom. The molecular weight excluding hydrogens is 368 g/mol. The van der Waals surface area contributed by atoms with Crippen LogP contribution in [0.25, 0.3) is 6.08 Å². The van der Waals surface area contributed by atoms with Gasteiger partial charge < -0.3 is 19.7 Å². The average molecular weight is 394 g/mol. The molecule has 1 fully saturated rings. The maximum absolute atomic E-state index is 12.7. The topological polar surface area (TPSA) is 67.9 Å². The third-order valence-corrected chi connectivity index (χ3v) is 4.94. The zero-order valence-electron chi connectivity index (χ0n) is 16.8. The minimum atomic E-state index is -0.210. The first kappa shape index (κ1) is 20.5. The van der Waals surface area contributed by atoms with E-state index in [1.165, 1.54) is 6.08 Å². The van der Waals surface area contributed by atoms with Gasteiger partial charge in [0.25, 0.3) is 0 Å². The molecule has 0 aliphatic carbocycles. The van der Waals surface area contributed by atoms with Gasteiger partial charge in [-0.15, -0.1) is 0 Å². The van der Waals surface area contributed by atoms with Crippen molar-refractivity contribution < 1.29 is 19.1 Å². The van der Waals surface area contributed by atoms with E-state index in [1.54, 1.807) is 31.3 Å². The Balaban J connectivity index is 1.62. The van der Waals surface area contributed by atoms with Crippen LogP contribution in [0, 0.1) is 5.92 Å². The third-order valence-electron chi connectivity index (χ3n) is 4.94. The number of benzene rings is 2. The number of amides is 2. The van der Waals surface area contributed by atoms with Gasteiger partial charge in [0, 0.05) is 30.9 Å². The summed E-state index contributed by atoms with van der Waals surface area (Å²) in [5.41, 5.74) is 1.58. The second-order valence-corrected chi connectivity index (χ2v) is 6.96. The molecule has 1 N–H and O–H groups in total. The Bertz CT molecular complexity index is 857. The molecule has 0 bridgehead atoms. The van der Waals surface area contributed by atoms with Crippen molar-refractivity contribution in [3.8, 4) is 11.5 Å². The molecule has 29 heavy (non-hydrogen) atoms. The number of para-hydroxylation sites is 1. The van der Waals surface area contributed by atoms with Gasteiger partial charge in [0.05, 0.1) is 20.1 Å². The lowest BCUT2D eigenvalue weighted by Gasteiger charge is -2.31. The molecule has 2 aromatic carbocycles. The molecule has 1 unspecified atom stereocenters. The predicted octanol–water partition coefficient (Wildman–Crippen LogP) is 3.59. The van der Waals surface area contributed by atoms with Crippen molar-refractivity contribution in [2.24, 2.45) is 5.92 Å². The number of rotatable bonds is 6. The van der Waals surface area contributed by atoms with Crippen molar-refractivity contribution in [3.63, 3.8) is 0 Å². The molecule has 2 aromatic rings. The van der Waals surface area contributed by atoms with E-state index in [4.69, 9.17) is 9.47 Å². The number of ether oxygens (including phenoxy) is 2. The molecule has 0 saturated carbocycles. The van der Waals surface area contributed by atoms with Crippen molar-refractivity contribution in [3.05, 3.63) is 60.2 Å². The van der Waals surface area contributed by atoms with Crippen LogP contribution in [0.2, 0.25) is 0 Å². The fourth-order valence-electron chi connectivity index (χ4n) is 3.36. The number of hydrogen-bond donors (Lipinski definition) is 1. The van der Waals surface area contributed by atoms with E-state index in [0.29, 0.717) is 24.6 Å². The molecule has 3 rings (SSSR count). The van der Waals surface area contributed by atoms with Crippen molar-refractivity contribution in [2.75, 3.05) is 32.6 Å². The Hall–Kier alpha value is -3.28. The fraction of sp³-hybridized carbons (Fsp3) is 0.304. The molecule has 0 aromatic heterocycles. The van der Waals surface area contributed by atoms with Gasteiger partial charge in [-0.25, -0.2) is 0 Å². The molecule has 1 aliphatic heterocycles. The quantitative estimate of drug-likeness (QED) is 0.761. The van der Waals surface area contributed by atoms with Crippen LogP contribution in [0.1, 0.15) is 18.4 Å². The van der Waals surface area contributed by atoms with Crippen LogP contribution in [-0.4, -0.2) is 44.0 Å². The molecule has 1 aliphatic rings. The highest BCUT2D eigenvalue weighted by Gasteiger charge is 2.27. The summed E-state index contributed by atoms with van der Waals surface area (Å²) in [6.45, 7) is 1.07. The van der Waals surface area contributed by atoms with Crippen LogP contribution >= 0.6 is 0 Å². The van der Waals surface area contributed by atoms with Crippen LogP contribution in [0.3, 0.4) is 0 Å². The first-order chi connectivity index (χ1) is 14.1. The molecule has 152 valence electrons. The Kier molecular flexibility index (Phi) is 6.89. The summed E-state index contributed by atoms with van der Waals surface area (Å²) in [6, 6.07) is 14.8. The van der Waals surface area contributed by atoms with Crippen LogP contribution < -0.4 is 14.8 Å². The van der Waals surface area contributed by atoms with E-state index >= 15 is 0 Å². The summed E-state index contributed by atoms with van der Waals surface area (Å²) in [4.78, 5) is 26.9. The summed E-state index contributed by atoms with van der Waals surface area (Å²) in [7, 11) is 3.17. The van der Waals surface area contributed by atoms with Gasteiger partial charge in [-0.2, -0.15) is 0 Å². The van der Waals surface area contributed by atoms with Crippen molar-refractivity contribution in [1.82, 2.24) is 4.90 Å². The van der Waals surface area contributed by atoms with Gasteiger partial charge in [-0.1, -0.05) is 18.2 Å². The number of carbonyl (C=O) groups excluding carboxylic acids is 2. The minimum absolute atomic E-state index is 0.0461. The monoisotopic (exact) mass is 394 g/mol. The average Bonchev–Trinajstić information content (AvgIpc) is 2.77. The van der Waals surface area contributed by atoms with E-state index in [2.05, 4.69) is 5.32 Å². The first-order valence-electron chi connectivity index (χ1n) is 9.65. The fourth-order valence-corrected chi connectivity index (χ4v) is 3.36. The smallest absolute Gasteiger partial charge is 0.246 e. The van der Waals surface area contributed by atoms with Crippen LogP contribution in [0.15, 0.2) is 54.6 Å². The van der Waals surface area contributed by atoms with E-state index in [9.17, 15) is 9.59 Å². The van der Waals surface area contributed by atoms with Gasteiger partial charge in [-0.05, 0) is 48.7 Å². The standard InChI is InChI=1S/C23H26N2O4/c1-28-20-13-17(14-21(15-20)29-2)10-11-22(26)25-12-6-7-18(16-25)23(27)24-19-8-4-3-5-9-19/h3-5,8-11,13-15,18H,6-7,12,16H2,1-2H3,(H,24,27)/b11-10+. The number of nitrogens with zero attached hydrogens (tertiary/aromatic N) is 1. The number of nitrogens with one attached hydrogen (secondary N) is 1. The Morgan fingerprint density at radius 2 is 1.76 bits per heavy atom. The molecule has 0 radical (unpaired) electrons. The molecule has 6 nitrogen and oxygen atoms in total. The minimum Gasteiger partial charge on any atom is -0.497 e. The number of piperidine rings is 1. The van der Waals surface area contributed by atoms with Crippen molar-refractivity contribution >= 4 is 23.6 Å². The second kappa shape index (κ2) is 9.78. The lowest BCUT2D eigenvalue weighted by molar-refractivity contribution is -0.130. The van der Waals surface area contributed by atoms with E-state index in [1.807, 2.05) is 42.5 Å². The number of likely N-dealkylation sites (tertiary alicyclic amines) is 1. The first-order valence-corrected chi connectivity index (χ1v) is 9.65. The van der Waals surface area contributed by atoms with Crippen molar-refractivity contribution in [2.45, 2.75) is 12.8 Å². The predicted molar refractivity (Wildman–Crippen MR) is 113 cm³/mol. The molecule has 1 atom stereocenters. The zero-order valence-corrected chi connectivity index (χ0v) is 16.8. The van der Waals surface area contributed by atoms with E-state index in [-0.39, 0.29) is 17.7 Å². The number of anilines is 1. The van der Waals surface area contributed by atoms with Crippen LogP contribution in [-0.2, 0) is 9.59 Å². The SMILES string of the molecule is COc1cc(/C=C/C(=O)N2CCCC(C(=O)Nc3ccccc3)C2)cc(OC)c1. The summed E-state index contributed by atoms with van der Waals surface area (Å²) in [5.74, 6) is 0.955. The van der Waals surface area contributed by atoms with Gasteiger partial charge >= 0.3 is 0 Å². The Morgan fingerprint density at radius 1 is 1.07 bits per heavy atom. The molecule has 6 heteroatoms. The summed E-state index contributed by atoms with van der Waals surface area (Å²) in [6.07, 6.45) is 4.85. The molecule has 0 spiro atoms. The van der Waals surface area contributed by atoms with Gasteiger partial charge in [-0.3, -0.25) is 9.59 Å². The maximum Gasteiger partial charge on any atom is 0.246 e. The molecular formula is C23H26N2O4. The second-order valence-electron chi connectivity index (χ2n) is 6.96. The highest BCUT2D eigenvalue weighted by molar-refractivity contribution is 5.95. The zero-order chi connectivity index (χ0) is 20.6. The van der Waals surface area contributed by atoms with E-state index < -0.39 is 0 Å². The van der Waals surface area contributed by atoms with Gasteiger partial charge in [0.15, 0.2) is 0 Å². The normalized spacial score (nSPS) is 16.5. The van der Waals surface area contributed by atoms with Crippen LogP contribution in [0.4, 0.5) is 5.69 Å². The molecule has 2 amide bonds. The number of hydrogen-bond acceptors (Lipinski definition) is 4. The molecule has 1 heterocycles. The summed E-state index contributed by atoms with van der Waals surface area (Å²) >= 11 is 0. The highest BCUT2D eigenvalue weighted by Crippen LogP contribution is 2.24. The summed E-state index contributed by atoms with van der Waals surface area (Å²) in [5, 5.41) is 2.93.